The number of furan rings is 1. The van der Waals surface area contributed by atoms with E-state index in [0.29, 0.717) is 5.56 Å². The van der Waals surface area contributed by atoms with Crippen LogP contribution in [0.5, 0.6) is 5.75 Å². The number of ether oxygens (including phenoxy) is 1. The molecule has 0 saturated carbocycles. The van der Waals surface area contributed by atoms with Gasteiger partial charge in [0.2, 0.25) is 5.13 Å². The Balaban J connectivity index is 1.74. The molecule has 2 heterocycles. The van der Waals surface area contributed by atoms with Crippen molar-refractivity contribution >= 4 is 54.8 Å². The number of sulfone groups is 1. The first-order valence-electron chi connectivity index (χ1n) is 9.81. The van der Waals surface area contributed by atoms with Gasteiger partial charge < -0.3 is 19.6 Å². The Bertz CT molecular complexity index is 1500. The van der Waals surface area contributed by atoms with Gasteiger partial charge in [-0.2, -0.15) is 0 Å². The largest absolute Gasteiger partial charge is 0.482 e. The third-order valence-electron chi connectivity index (χ3n) is 4.60. The third kappa shape index (κ3) is 5.73. The number of fused-ring (bicyclic) bond motifs is 1. The van der Waals surface area contributed by atoms with Gasteiger partial charge in [0.1, 0.15) is 39.9 Å². The Morgan fingerprint density at radius 1 is 1.23 bits per heavy atom. The lowest BCUT2D eigenvalue weighted by molar-refractivity contribution is -0.118. The number of carboxylic acid groups (broad SMARTS) is 1. The molecule has 0 bridgehead atoms. The summed E-state index contributed by atoms with van der Waals surface area (Å²) in [6.07, 6.45) is 1.02. The maximum atomic E-state index is 13.4. The topological polar surface area (TPSA) is 161 Å². The number of hydrogen-bond acceptors (Lipinski definition) is 10. The predicted molar refractivity (Wildman–Crippen MR) is 126 cm³/mol. The molecule has 0 saturated heterocycles. The summed E-state index contributed by atoms with van der Waals surface area (Å²) in [4.78, 5) is 24.3. The molecular formula is C21H17FN4O7S2. The fourth-order valence-electron chi connectivity index (χ4n) is 3.13. The minimum Gasteiger partial charge on any atom is -0.482 e. The van der Waals surface area contributed by atoms with Gasteiger partial charge in [0.05, 0.1) is 5.69 Å². The van der Waals surface area contributed by atoms with Crippen molar-refractivity contribution < 1.29 is 36.7 Å². The Morgan fingerprint density at radius 3 is 2.60 bits per heavy atom. The predicted octanol–water partition coefficient (Wildman–Crippen LogP) is 3.22. The lowest BCUT2D eigenvalue weighted by Crippen LogP contribution is -2.21. The van der Waals surface area contributed by atoms with Crippen molar-refractivity contribution in [3.05, 3.63) is 53.3 Å². The van der Waals surface area contributed by atoms with Crippen molar-refractivity contribution in [2.45, 2.75) is 0 Å². The van der Waals surface area contributed by atoms with Crippen LogP contribution in [0.15, 0.2) is 46.3 Å². The molecule has 0 aliphatic rings. The Morgan fingerprint density at radius 2 is 1.97 bits per heavy atom. The first kappa shape index (κ1) is 24.1. The number of carbonyl (C=O) groups excluding carboxylic acids is 1. The average molecular weight is 521 g/mol. The van der Waals surface area contributed by atoms with E-state index < -0.39 is 40.0 Å². The minimum absolute atomic E-state index is 0.0162. The summed E-state index contributed by atoms with van der Waals surface area (Å²) >= 11 is 1.11. The Labute approximate surface area is 201 Å². The summed E-state index contributed by atoms with van der Waals surface area (Å²) in [5, 5.41) is 22.7. The van der Waals surface area contributed by atoms with E-state index in [1.54, 1.807) is 0 Å². The van der Waals surface area contributed by atoms with Crippen LogP contribution in [-0.4, -0.2) is 54.3 Å². The second-order valence-corrected chi connectivity index (χ2v) is 10.3. The number of amides is 1. The van der Waals surface area contributed by atoms with Gasteiger partial charge in [-0.05, 0) is 30.3 Å². The van der Waals surface area contributed by atoms with E-state index in [9.17, 15) is 27.5 Å². The van der Waals surface area contributed by atoms with Crippen LogP contribution >= 0.6 is 11.3 Å². The molecule has 14 heteroatoms. The van der Waals surface area contributed by atoms with Crippen molar-refractivity contribution in [1.82, 2.24) is 10.2 Å². The van der Waals surface area contributed by atoms with Gasteiger partial charge in [-0.15, -0.1) is 10.2 Å². The van der Waals surface area contributed by atoms with Gasteiger partial charge in [0, 0.05) is 23.3 Å². The second kappa shape index (κ2) is 9.68. The van der Waals surface area contributed by atoms with Gasteiger partial charge >= 0.3 is 5.97 Å². The first-order valence-corrected chi connectivity index (χ1v) is 12.7. The summed E-state index contributed by atoms with van der Waals surface area (Å²) < 4.78 is 48.1. The van der Waals surface area contributed by atoms with E-state index >= 15 is 0 Å². The van der Waals surface area contributed by atoms with Crippen LogP contribution in [0.3, 0.4) is 0 Å². The Kier molecular flexibility index (Phi) is 6.66. The number of rotatable bonds is 9. The highest BCUT2D eigenvalue weighted by atomic mass is 32.2. The Hall–Kier alpha value is -4.04. The molecule has 0 unspecified atom stereocenters. The molecule has 0 radical (unpaired) electrons. The molecule has 11 nitrogen and oxygen atoms in total. The van der Waals surface area contributed by atoms with Crippen LogP contribution in [0, 0.1) is 5.82 Å². The van der Waals surface area contributed by atoms with Crippen LogP contribution in [0.2, 0.25) is 0 Å². The average Bonchev–Trinajstić information content (AvgIpc) is 3.43. The molecule has 2 aromatic heterocycles. The van der Waals surface area contributed by atoms with E-state index in [2.05, 4.69) is 20.8 Å². The quantitative estimate of drug-likeness (QED) is 0.299. The first-order chi connectivity index (χ1) is 16.6. The number of carbonyl (C=O) groups is 2. The number of benzene rings is 2. The van der Waals surface area contributed by atoms with Gasteiger partial charge in [-0.1, -0.05) is 11.3 Å². The number of carboxylic acids is 1. The van der Waals surface area contributed by atoms with Crippen molar-refractivity contribution in [3.63, 3.8) is 0 Å². The fourth-order valence-corrected chi connectivity index (χ4v) is 4.01. The van der Waals surface area contributed by atoms with Crippen LogP contribution in [-0.2, 0) is 14.6 Å². The number of hydrogen-bond donors (Lipinski definition) is 3. The molecule has 0 fully saturated rings. The van der Waals surface area contributed by atoms with E-state index in [1.807, 2.05) is 0 Å². The molecule has 4 rings (SSSR count). The number of nitrogens with one attached hydrogen (secondary N) is 2. The summed E-state index contributed by atoms with van der Waals surface area (Å²) in [5.74, 6) is -2.83. The zero-order chi connectivity index (χ0) is 25.2. The molecule has 1 amide bonds. The normalized spacial score (nSPS) is 11.4. The van der Waals surface area contributed by atoms with Gasteiger partial charge in [0.15, 0.2) is 16.4 Å². The summed E-state index contributed by atoms with van der Waals surface area (Å²) in [7, 11) is -3.44. The van der Waals surface area contributed by atoms with Gasteiger partial charge in [-0.3, -0.25) is 10.1 Å². The van der Waals surface area contributed by atoms with Crippen molar-refractivity contribution in [1.29, 1.82) is 0 Å². The minimum atomic E-state index is -3.44. The summed E-state index contributed by atoms with van der Waals surface area (Å²) in [6.45, 7) is -0.482. The molecule has 182 valence electrons. The highest BCUT2D eigenvalue weighted by Gasteiger charge is 2.24. The van der Waals surface area contributed by atoms with Crippen LogP contribution < -0.4 is 15.4 Å². The smallest absolute Gasteiger partial charge is 0.340 e. The summed E-state index contributed by atoms with van der Waals surface area (Å²) in [6, 6.07) is 7.78. The number of anilines is 2. The lowest BCUT2D eigenvalue weighted by Gasteiger charge is -2.13. The zero-order valence-electron chi connectivity index (χ0n) is 17.9. The monoisotopic (exact) mass is 520 g/mol. The number of nitrogens with zero attached hydrogens (tertiary/aromatic N) is 2. The highest BCUT2D eigenvalue weighted by molar-refractivity contribution is 7.90. The van der Waals surface area contributed by atoms with E-state index in [1.165, 1.54) is 41.9 Å². The molecule has 0 atom stereocenters. The number of halogens is 1. The van der Waals surface area contributed by atoms with E-state index in [-0.39, 0.29) is 38.9 Å². The maximum absolute atomic E-state index is 13.4. The molecule has 0 spiro atoms. The van der Waals surface area contributed by atoms with Gasteiger partial charge in [0.25, 0.3) is 5.91 Å². The SMILES string of the molecule is CS(=O)(=O)CNc1cc2oc(-c3ccc(F)cc3)c(C(=O)O)c2cc1OCC(=O)Nc1nncs1. The van der Waals surface area contributed by atoms with Gasteiger partial charge in [-0.25, -0.2) is 17.6 Å². The molecular weight excluding hydrogens is 503 g/mol. The van der Waals surface area contributed by atoms with Crippen molar-refractivity contribution in [2.75, 3.05) is 29.4 Å². The van der Waals surface area contributed by atoms with Crippen molar-refractivity contribution in [3.8, 4) is 17.1 Å². The number of aromatic carboxylic acids is 1. The molecule has 2 aromatic carbocycles. The van der Waals surface area contributed by atoms with Crippen LogP contribution in [0.25, 0.3) is 22.3 Å². The van der Waals surface area contributed by atoms with E-state index in [0.717, 1.165) is 17.6 Å². The third-order valence-corrected chi connectivity index (χ3v) is 5.88. The second-order valence-electron chi connectivity index (χ2n) is 7.29. The van der Waals surface area contributed by atoms with Crippen LogP contribution in [0.4, 0.5) is 15.2 Å². The molecule has 35 heavy (non-hydrogen) atoms. The standard InChI is InChI=1S/C21H17FN4O7S2/c1-35(30,31)10-23-14-7-15-13(6-16(14)32-8-17(27)25-21-26-24-9-34-21)18(20(28)29)19(33-15)11-2-4-12(22)5-3-11/h2-7,9,23H,8,10H2,1H3,(H,28,29)(H,25,26,27). The molecule has 3 N–H and O–H groups in total. The summed E-state index contributed by atoms with van der Waals surface area (Å²) in [5.41, 5.74) is 1.82. The number of aromatic nitrogens is 2. The van der Waals surface area contributed by atoms with Crippen LogP contribution in [0.1, 0.15) is 10.4 Å². The molecule has 4 aromatic rings. The van der Waals surface area contributed by atoms with E-state index in [4.69, 9.17) is 9.15 Å². The molecule has 0 aliphatic carbocycles. The maximum Gasteiger partial charge on any atom is 0.340 e. The lowest BCUT2D eigenvalue weighted by atomic mass is 10.0. The zero-order valence-corrected chi connectivity index (χ0v) is 19.6. The van der Waals surface area contributed by atoms with Crippen molar-refractivity contribution in [2.24, 2.45) is 0 Å². The fraction of sp³-hybridized carbons (Fsp3) is 0.143. The highest BCUT2D eigenvalue weighted by Crippen LogP contribution is 2.39. The molecule has 0 aliphatic heterocycles.